The average Bonchev–Trinajstić information content (AvgIpc) is 4.08. The van der Waals surface area contributed by atoms with Crippen LogP contribution in [-0.4, -0.2) is 127 Å². The summed E-state index contributed by atoms with van der Waals surface area (Å²) in [5.74, 6) is 1.48. The molecule has 0 saturated carbocycles. The standard InChI is InChI=1S/C51H64N12O5/c1-7-62-39(24-34(3)56-62)32-58(6)51-43(30-53-5)41-28-38(48(52)66)29-45(68-21-13-15-59-18-22-67-23-19-59)47(41)61(51)17-11-10-16-60-46-37(14-9-12-20-64)26-36(33-65)27-40(46)42-31-54-49(55-50(42)60)44-25-35(4)57-63(44)8-2/h10-11,24-31,33,64H,7-9,12-23,32H2,1-6H3,(H2,52,66)/b11-10+,53-30?. The highest BCUT2D eigenvalue weighted by atomic mass is 16.5. The summed E-state index contributed by atoms with van der Waals surface area (Å²) >= 11 is 0. The van der Waals surface area contributed by atoms with Crippen molar-refractivity contribution in [3.05, 3.63) is 94.1 Å². The van der Waals surface area contributed by atoms with Crippen LogP contribution in [0, 0.1) is 13.8 Å². The number of fused-ring (bicyclic) bond motifs is 4. The number of rotatable bonds is 22. The van der Waals surface area contributed by atoms with Crippen molar-refractivity contribution >= 4 is 57.1 Å². The third-order valence-electron chi connectivity index (χ3n) is 12.7. The normalized spacial score (nSPS) is 13.6. The van der Waals surface area contributed by atoms with Crippen molar-refractivity contribution in [3.8, 4) is 17.3 Å². The summed E-state index contributed by atoms with van der Waals surface area (Å²) in [6.07, 6.45) is 11.7. The van der Waals surface area contributed by atoms with Gasteiger partial charge in [0.25, 0.3) is 0 Å². The average molecular weight is 925 g/mol. The number of unbranched alkanes of at least 4 members (excludes halogenated alkanes) is 1. The minimum absolute atomic E-state index is 0.0889. The van der Waals surface area contributed by atoms with Crippen molar-refractivity contribution in [3.63, 3.8) is 0 Å². The molecule has 6 heterocycles. The number of benzene rings is 2. The molecule has 68 heavy (non-hydrogen) atoms. The Hall–Kier alpha value is -6.69. The van der Waals surface area contributed by atoms with E-state index in [9.17, 15) is 14.7 Å². The third kappa shape index (κ3) is 9.96. The predicted octanol–water partition coefficient (Wildman–Crippen LogP) is 6.52. The lowest BCUT2D eigenvalue weighted by Crippen LogP contribution is -2.37. The number of ether oxygens (including phenoxy) is 2. The number of anilines is 1. The van der Waals surface area contributed by atoms with Crippen LogP contribution in [0.25, 0.3) is 44.4 Å². The molecule has 8 rings (SSSR count). The number of nitrogens with zero attached hydrogens (tertiary/aromatic N) is 11. The number of primary amides is 1. The molecular formula is C51H64N12O5. The molecule has 0 aliphatic carbocycles. The fourth-order valence-corrected chi connectivity index (χ4v) is 9.61. The Bertz CT molecular complexity index is 2990. The molecule has 0 atom stereocenters. The highest BCUT2D eigenvalue weighted by molar-refractivity contribution is 6.11. The number of allylic oxidation sites excluding steroid dienone is 2. The van der Waals surface area contributed by atoms with E-state index in [1.807, 2.05) is 66.8 Å². The smallest absolute Gasteiger partial charge is 0.248 e. The van der Waals surface area contributed by atoms with Crippen LogP contribution < -0.4 is 15.4 Å². The minimum Gasteiger partial charge on any atom is -0.491 e. The summed E-state index contributed by atoms with van der Waals surface area (Å²) < 4.78 is 20.6. The molecule has 5 aromatic heterocycles. The van der Waals surface area contributed by atoms with Gasteiger partial charge in [0.1, 0.15) is 29.2 Å². The first-order valence-electron chi connectivity index (χ1n) is 23.7. The van der Waals surface area contributed by atoms with E-state index in [0.717, 1.165) is 131 Å². The van der Waals surface area contributed by atoms with Gasteiger partial charge in [-0.15, -0.1) is 0 Å². The Kier molecular flexibility index (Phi) is 15.1. The molecule has 7 aromatic rings. The number of carbonyl (C=O) groups excluding carboxylic acids is 2. The van der Waals surface area contributed by atoms with Crippen LogP contribution in [0.2, 0.25) is 0 Å². The molecule has 17 heteroatoms. The van der Waals surface area contributed by atoms with Crippen molar-refractivity contribution in [1.29, 1.82) is 0 Å². The van der Waals surface area contributed by atoms with Crippen molar-refractivity contribution in [1.82, 2.24) is 43.6 Å². The van der Waals surface area contributed by atoms with Gasteiger partial charge in [-0.3, -0.25) is 28.8 Å². The zero-order chi connectivity index (χ0) is 47.9. The van der Waals surface area contributed by atoms with E-state index in [1.54, 1.807) is 13.1 Å². The Labute approximate surface area is 396 Å². The molecular weight excluding hydrogens is 861 g/mol. The molecule has 0 spiro atoms. The molecule has 1 fully saturated rings. The number of amides is 1. The van der Waals surface area contributed by atoms with E-state index in [1.165, 1.54) is 0 Å². The van der Waals surface area contributed by atoms with Crippen LogP contribution in [0.4, 0.5) is 5.82 Å². The molecule has 0 unspecified atom stereocenters. The number of morpholine rings is 1. The number of aliphatic imine (C=N–C) groups is 1. The number of nitrogens with two attached hydrogens (primary N) is 1. The Balaban J connectivity index is 1.25. The molecule has 1 aliphatic heterocycles. The van der Waals surface area contributed by atoms with Crippen LogP contribution >= 0.6 is 0 Å². The Morgan fingerprint density at radius 2 is 1.68 bits per heavy atom. The molecule has 17 nitrogen and oxygen atoms in total. The lowest BCUT2D eigenvalue weighted by Gasteiger charge is -2.26. The van der Waals surface area contributed by atoms with E-state index in [2.05, 4.69) is 61.2 Å². The van der Waals surface area contributed by atoms with E-state index in [0.29, 0.717) is 68.3 Å². The second-order valence-corrected chi connectivity index (χ2v) is 17.4. The topological polar surface area (TPSA) is 189 Å². The monoisotopic (exact) mass is 925 g/mol. The molecule has 0 radical (unpaired) electrons. The Morgan fingerprint density at radius 3 is 2.40 bits per heavy atom. The van der Waals surface area contributed by atoms with Gasteiger partial charge in [-0.25, -0.2) is 9.97 Å². The fraction of sp³-hybridized carbons (Fsp3) is 0.431. The van der Waals surface area contributed by atoms with Crippen LogP contribution in [0.1, 0.15) is 82.0 Å². The van der Waals surface area contributed by atoms with Gasteiger partial charge in [-0.1, -0.05) is 12.2 Å². The van der Waals surface area contributed by atoms with Crippen molar-refractivity contribution in [2.45, 2.75) is 86.1 Å². The van der Waals surface area contributed by atoms with Crippen molar-refractivity contribution in [2.75, 3.05) is 65.1 Å². The van der Waals surface area contributed by atoms with Gasteiger partial charge in [0, 0.05) is 112 Å². The van der Waals surface area contributed by atoms with Crippen molar-refractivity contribution < 1.29 is 24.2 Å². The number of carbonyl (C=O) groups is 2. The molecule has 1 amide bonds. The quantitative estimate of drug-likeness (QED) is 0.0326. The summed E-state index contributed by atoms with van der Waals surface area (Å²) in [6, 6.07) is 11.6. The number of aliphatic hydroxyl groups is 1. The first-order valence-corrected chi connectivity index (χ1v) is 23.7. The summed E-state index contributed by atoms with van der Waals surface area (Å²) in [7, 11) is 3.81. The molecule has 2 aromatic carbocycles. The number of aliphatic hydroxyl groups excluding tert-OH is 1. The highest BCUT2D eigenvalue weighted by Gasteiger charge is 2.25. The Morgan fingerprint density at radius 1 is 0.926 bits per heavy atom. The van der Waals surface area contributed by atoms with E-state index in [4.69, 9.17) is 30.3 Å². The molecule has 358 valence electrons. The van der Waals surface area contributed by atoms with Crippen LogP contribution in [-0.2, 0) is 43.9 Å². The maximum absolute atomic E-state index is 13.0. The summed E-state index contributed by atoms with van der Waals surface area (Å²) in [5.41, 5.74) is 15.0. The molecule has 3 N–H and O–H groups in total. The van der Waals surface area contributed by atoms with Gasteiger partial charge >= 0.3 is 0 Å². The van der Waals surface area contributed by atoms with Gasteiger partial charge in [0.2, 0.25) is 5.91 Å². The number of hydrogen-bond donors (Lipinski definition) is 2. The van der Waals surface area contributed by atoms with Gasteiger partial charge in [0.15, 0.2) is 5.82 Å². The highest BCUT2D eigenvalue weighted by Crippen LogP contribution is 2.39. The third-order valence-corrected chi connectivity index (χ3v) is 12.7. The van der Waals surface area contributed by atoms with Gasteiger partial charge in [-0.05, 0) is 95.3 Å². The second kappa shape index (κ2) is 21.5. The molecule has 1 saturated heterocycles. The van der Waals surface area contributed by atoms with Gasteiger partial charge < -0.3 is 34.3 Å². The first-order chi connectivity index (χ1) is 33.1. The maximum Gasteiger partial charge on any atom is 0.248 e. The number of hydrogen-bond acceptors (Lipinski definition) is 12. The van der Waals surface area contributed by atoms with Gasteiger partial charge in [-0.2, -0.15) is 10.2 Å². The van der Waals surface area contributed by atoms with Crippen molar-refractivity contribution in [2.24, 2.45) is 10.7 Å². The lowest BCUT2D eigenvalue weighted by atomic mass is 10.0. The second-order valence-electron chi connectivity index (χ2n) is 17.4. The van der Waals surface area contributed by atoms with E-state index in [-0.39, 0.29) is 6.61 Å². The van der Waals surface area contributed by atoms with Crippen LogP contribution in [0.15, 0.2) is 59.7 Å². The van der Waals surface area contributed by atoms with E-state index >= 15 is 0 Å². The number of aldehydes is 1. The minimum atomic E-state index is -0.544. The van der Waals surface area contributed by atoms with Crippen LogP contribution in [0.3, 0.4) is 0 Å². The summed E-state index contributed by atoms with van der Waals surface area (Å²) in [6.45, 7) is 15.6. The fourth-order valence-electron chi connectivity index (χ4n) is 9.61. The predicted molar refractivity (Wildman–Crippen MR) is 267 cm³/mol. The maximum atomic E-state index is 13.0. The lowest BCUT2D eigenvalue weighted by molar-refractivity contribution is 0.0358. The number of aryl methyl sites for hydroxylation is 5. The largest absolute Gasteiger partial charge is 0.491 e. The first kappa shape index (κ1) is 47.8. The van der Waals surface area contributed by atoms with E-state index < -0.39 is 5.91 Å². The summed E-state index contributed by atoms with van der Waals surface area (Å²) in [4.78, 5) is 44.5. The van der Waals surface area contributed by atoms with Gasteiger partial charge in [0.05, 0.1) is 54.5 Å². The van der Waals surface area contributed by atoms with Crippen LogP contribution in [0.5, 0.6) is 5.75 Å². The zero-order valence-electron chi connectivity index (χ0n) is 40.2. The SMILES string of the molecule is CCn1nc(C)cc1CN(C)c1c(C=NC)c2cc(C(N)=O)cc(OCCCN3CCOCC3)c2n1C/C=C/Cn1c2nc(-c3cc(C)nn3CC)ncc2c2cc(C=O)cc(CCCCO)c21. The zero-order valence-corrected chi connectivity index (χ0v) is 40.2. The summed E-state index contributed by atoms with van der Waals surface area (Å²) in [5, 5.41) is 21.7. The number of aromatic nitrogens is 8. The molecule has 0 bridgehead atoms. The molecule has 1 aliphatic rings.